The SMILES string of the molecule is CCCNC(c1ccc(F)c(Br)c1)c1cccnc1N. The highest BCUT2D eigenvalue weighted by Gasteiger charge is 2.17. The maximum Gasteiger partial charge on any atom is 0.137 e. The van der Waals surface area contributed by atoms with Gasteiger partial charge in [-0.15, -0.1) is 0 Å². The van der Waals surface area contributed by atoms with Crippen LogP contribution < -0.4 is 11.1 Å². The molecule has 0 radical (unpaired) electrons. The van der Waals surface area contributed by atoms with Crippen LogP contribution in [0.2, 0.25) is 0 Å². The van der Waals surface area contributed by atoms with Crippen LogP contribution in [0.5, 0.6) is 0 Å². The van der Waals surface area contributed by atoms with E-state index in [0.29, 0.717) is 10.3 Å². The Balaban J connectivity index is 2.41. The number of nitrogens with one attached hydrogen (secondary N) is 1. The summed E-state index contributed by atoms with van der Waals surface area (Å²) in [6.45, 7) is 2.94. The van der Waals surface area contributed by atoms with E-state index in [2.05, 4.69) is 33.2 Å². The molecule has 106 valence electrons. The smallest absolute Gasteiger partial charge is 0.137 e. The first-order valence-corrected chi connectivity index (χ1v) is 7.31. The van der Waals surface area contributed by atoms with Gasteiger partial charge < -0.3 is 11.1 Å². The number of nitrogens with zero attached hydrogens (tertiary/aromatic N) is 1. The average Bonchev–Trinajstić information content (AvgIpc) is 2.44. The number of anilines is 1. The van der Waals surface area contributed by atoms with Crippen molar-refractivity contribution in [3.8, 4) is 0 Å². The fourth-order valence-electron chi connectivity index (χ4n) is 2.06. The molecule has 0 aliphatic heterocycles. The quantitative estimate of drug-likeness (QED) is 0.875. The Hall–Kier alpha value is -1.46. The predicted octanol–water partition coefficient (Wildman–Crippen LogP) is 3.65. The molecule has 2 rings (SSSR count). The summed E-state index contributed by atoms with van der Waals surface area (Å²) in [7, 11) is 0. The van der Waals surface area contributed by atoms with Gasteiger partial charge in [0.25, 0.3) is 0 Å². The van der Waals surface area contributed by atoms with Crippen molar-refractivity contribution in [1.82, 2.24) is 10.3 Å². The molecule has 1 unspecified atom stereocenters. The topological polar surface area (TPSA) is 50.9 Å². The van der Waals surface area contributed by atoms with Gasteiger partial charge in [0.1, 0.15) is 11.6 Å². The van der Waals surface area contributed by atoms with E-state index in [-0.39, 0.29) is 11.9 Å². The molecule has 0 aliphatic carbocycles. The van der Waals surface area contributed by atoms with Crippen molar-refractivity contribution >= 4 is 21.7 Å². The van der Waals surface area contributed by atoms with Crippen molar-refractivity contribution in [2.45, 2.75) is 19.4 Å². The van der Waals surface area contributed by atoms with E-state index in [9.17, 15) is 4.39 Å². The first kappa shape index (κ1) is 14.9. The number of aromatic nitrogens is 1. The molecule has 1 heterocycles. The van der Waals surface area contributed by atoms with Gasteiger partial charge in [-0.05, 0) is 52.7 Å². The minimum absolute atomic E-state index is 0.0967. The lowest BCUT2D eigenvalue weighted by Gasteiger charge is -2.21. The summed E-state index contributed by atoms with van der Waals surface area (Å²) in [6.07, 6.45) is 2.66. The Morgan fingerprint density at radius 1 is 1.40 bits per heavy atom. The van der Waals surface area contributed by atoms with Crippen molar-refractivity contribution in [3.63, 3.8) is 0 Å². The Labute approximate surface area is 126 Å². The third kappa shape index (κ3) is 3.35. The number of halogens is 2. The van der Waals surface area contributed by atoms with E-state index < -0.39 is 0 Å². The number of hydrogen-bond acceptors (Lipinski definition) is 3. The monoisotopic (exact) mass is 337 g/mol. The molecule has 1 atom stereocenters. The van der Waals surface area contributed by atoms with Gasteiger partial charge in [-0.1, -0.05) is 19.1 Å². The molecule has 0 fully saturated rings. The molecule has 3 nitrogen and oxygen atoms in total. The second kappa shape index (κ2) is 6.81. The molecule has 0 spiro atoms. The first-order valence-electron chi connectivity index (χ1n) is 6.52. The Kier molecular flexibility index (Phi) is 5.09. The van der Waals surface area contributed by atoms with Crippen LogP contribution in [-0.2, 0) is 0 Å². The minimum atomic E-state index is -0.276. The largest absolute Gasteiger partial charge is 0.383 e. The number of hydrogen-bond donors (Lipinski definition) is 2. The highest BCUT2D eigenvalue weighted by atomic mass is 79.9. The zero-order valence-corrected chi connectivity index (χ0v) is 12.8. The van der Waals surface area contributed by atoms with Crippen LogP contribution >= 0.6 is 15.9 Å². The lowest BCUT2D eigenvalue weighted by Crippen LogP contribution is -2.24. The molecular weight excluding hydrogens is 321 g/mol. The van der Waals surface area contributed by atoms with Gasteiger partial charge in [0, 0.05) is 11.8 Å². The summed E-state index contributed by atoms with van der Waals surface area (Å²) in [5.41, 5.74) is 7.81. The van der Waals surface area contributed by atoms with E-state index in [4.69, 9.17) is 5.73 Å². The molecule has 0 bridgehead atoms. The van der Waals surface area contributed by atoms with E-state index >= 15 is 0 Å². The maximum atomic E-state index is 13.4. The molecule has 2 aromatic rings. The highest BCUT2D eigenvalue weighted by molar-refractivity contribution is 9.10. The molecule has 0 aliphatic rings. The molecule has 0 amide bonds. The maximum absolute atomic E-state index is 13.4. The standard InChI is InChI=1S/C15H17BrFN3/c1-2-7-19-14(11-4-3-8-20-15(11)18)10-5-6-13(17)12(16)9-10/h3-6,8-9,14,19H,2,7H2,1H3,(H2,18,20). The summed E-state index contributed by atoms with van der Waals surface area (Å²) in [4.78, 5) is 4.13. The Morgan fingerprint density at radius 2 is 2.20 bits per heavy atom. The zero-order chi connectivity index (χ0) is 14.5. The summed E-state index contributed by atoms with van der Waals surface area (Å²) >= 11 is 3.22. The molecule has 1 aromatic heterocycles. The fourth-order valence-corrected chi connectivity index (χ4v) is 2.46. The van der Waals surface area contributed by atoms with Crippen LogP contribution in [-0.4, -0.2) is 11.5 Å². The molecule has 1 aromatic carbocycles. The summed E-state index contributed by atoms with van der Waals surface area (Å²) in [5, 5.41) is 3.43. The summed E-state index contributed by atoms with van der Waals surface area (Å²) in [6, 6.07) is 8.68. The van der Waals surface area contributed by atoms with Crippen molar-refractivity contribution in [2.75, 3.05) is 12.3 Å². The van der Waals surface area contributed by atoms with Crippen molar-refractivity contribution < 1.29 is 4.39 Å². The minimum Gasteiger partial charge on any atom is -0.383 e. The van der Waals surface area contributed by atoms with E-state index in [1.807, 2.05) is 12.1 Å². The van der Waals surface area contributed by atoms with E-state index in [1.54, 1.807) is 18.3 Å². The van der Waals surface area contributed by atoms with Crippen LogP contribution in [0.25, 0.3) is 0 Å². The molecule has 0 saturated carbocycles. The molecule has 5 heteroatoms. The average molecular weight is 338 g/mol. The molecule has 0 saturated heterocycles. The van der Waals surface area contributed by atoms with Crippen LogP contribution in [0.4, 0.5) is 10.2 Å². The second-order valence-corrected chi connectivity index (χ2v) is 5.39. The molecular formula is C15H17BrFN3. The fraction of sp³-hybridized carbons (Fsp3) is 0.267. The zero-order valence-electron chi connectivity index (χ0n) is 11.2. The first-order chi connectivity index (χ1) is 9.63. The number of rotatable bonds is 5. The third-order valence-corrected chi connectivity index (χ3v) is 3.67. The van der Waals surface area contributed by atoms with Gasteiger partial charge in [-0.25, -0.2) is 9.37 Å². The normalized spacial score (nSPS) is 12.3. The lowest BCUT2D eigenvalue weighted by atomic mass is 9.99. The second-order valence-electron chi connectivity index (χ2n) is 4.54. The van der Waals surface area contributed by atoms with Crippen molar-refractivity contribution in [1.29, 1.82) is 0 Å². The van der Waals surface area contributed by atoms with Gasteiger partial charge in [0.15, 0.2) is 0 Å². The van der Waals surface area contributed by atoms with Crippen molar-refractivity contribution in [3.05, 3.63) is 57.9 Å². The molecule has 3 N–H and O–H groups in total. The van der Waals surface area contributed by atoms with Gasteiger partial charge in [-0.2, -0.15) is 0 Å². The Morgan fingerprint density at radius 3 is 2.85 bits per heavy atom. The summed E-state index contributed by atoms with van der Waals surface area (Å²) < 4.78 is 13.8. The number of nitrogen functional groups attached to an aromatic ring is 1. The molecule has 20 heavy (non-hydrogen) atoms. The van der Waals surface area contributed by atoms with Gasteiger partial charge in [0.05, 0.1) is 10.5 Å². The third-order valence-electron chi connectivity index (χ3n) is 3.06. The van der Waals surface area contributed by atoms with Crippen LogP contribution in [0.1, 0.15) is 30.5 Å². The predicted molar refractivity (Wildman–Crippen MR) is 82.9 cm³/mol. The highest BCUT2D eigenvalue weighted by Crippen LogP contribution is 2.28. The number of benzene rings is 1. The van der Waals surface area contributed by atoms with E-state index in [1.165, 1.54) is 6.07 Å². The van der Waals surface area contributed by atoms with E-state index in [0.717, 1.165) is 24.1 Å². The number of nitrogens with two attached hydrogens (primary N) is 1. The van der Waals surface area contributed by atoms with Crippen molar-refractivity contribution in [2.24, 2.45) is 0 Å². The lowest BCUT2D eigenvalue weighted by molar-refractivity contribution is 0.591. The van der Waals surface area contributed by atoms with Crippen LogP contribution in [0.3, 0.4) is 0 Å². The number of pyridine rings is 1. The van der Waals surface area contributed by atoms with Gasteiger partial charge >= 0.3 is 0 Å². The van der Waals surface area contributed by atoms with Gasteiger partial charge in [0.2, 0.25) is 0 Å². The Bertz CT molecular complexity index is 589. The summed E-state index contributed by atoms with van der Waals surface area (Å²) in [5.74, 6) is 0.212. The van der Waals surface area contributed by atoms with Crippen LogP contribution in [0, 0.1) is 5.82 Å². The van der Waals surface area contributed by atoms with Crippen LogP contribution in [0.15, 0.2) is 41.0 Å². The van der Waals surface area contributed by atoms with Gasteiger partial charge in [-0.3, -0.25) is 0 Å².